The first-order valence-electron chi connectivity index (χ1n) is 9.86. The molecule has 1 aromatic rings. The molecule has 0 spiro atoms. The highest BCUT2D eigenvalue weighted by Gasteiger charge is 2.43. The maximum atomic E-state index is 12.5. The van der Waals surface area contributed by atoms with Crippen molar-refractivity contribution in [2.75, 3.05) is 26.2 Å². The second-order valence-corrected chi connectivity index (χ2v) is 8.51. The van der Waals surface area contributed by atoms with E-state index in [1.54, 1.807) is 18.2 Å². The highest BCUT2D eigenvalue weighted by molar-refractivity contribution is 9.10. The fourth-order valence-corrected chi connectivity index (χ4v) is 4.09. The standard InChI is InChI=1S/C20H21BrF3N3O4/c21-13-3-4-14-15(10-13)18(30)27(17(14)29)7-1-2-16(28)25-11-12-5-8-26(9-6-12)19(31)20(22,23)24/h3-4,10,12H,1-2,5-9,11H2,(H,25,28). The number of hydrogen-bond donors (Lipinski definition) is 1. The van der Waals surface area contributed by atoms with Gasteiger partial charge in [0.05, 0.1) is 11.1 Å². The van der Waals surface area contributed by atoms with Crippen molar-refractivity contribution in [2.24, 2.45) is 5.92 Å². The number of carbonyl (C=O) groups is 4. The second kappa shape index (κ2) is 9.37. The Bertz CT molecular complexity index is 898. The third-order valence-electron chi connectivity index (χ3n) is 5.45. The average Bonchev–Trinajstić information content (AvgIpc) is 2.95. The van der Waals surface area contributed by atoms with Crippen molar-refractivity contribution in [2.45, 2.75) is 31.9 Å². The highest BCUT2D eigenvalue weighted by Crippen LogP contribution is 2.26. The molecule has 168 valence electrons. The smallest absolute Gasteiger partial charge is 0.356 e. The Morgan fingerprint density at radius 2 is 1.74 bits per heavy atom. The summed E-state index contributed by atoms with van der Waals surface area (Å²) in [6.07, 6.45) is -3.68. The molecule has 0 aromatic heterocycles. The summed E-state index contributed by atoms with van der Waals surface area (Å²) < 4.78 is 38.1. The van der Waals surface area contributed by atoms with E-state index >= 15 is 0 Å². The Labute approximate surface area is 185 Å². The zero-order valence-electron chi connectivity index (χ0n) is 16.5. The Morgan fingerprint density at radius 1 is 1.10 bits per heavy atom. The molecule has 1 fully saturated rings. The number of hydrogen-bond acceptors (Lipinski definition) is 4. The minimum Gasteiger partial charge on any atom is -0.356 e. The summed E-state index contributed by atoms with van der Waals surface area (Å²) in [7, 11) is 0. The number of carbonyl (C=O) groups excluding carboxylic acids is 4. The lowest BCUT2D eigenvalue weighted by Gasteiger charge is -2.32. The summed E-state index contributed by atoms with van der Waals surface area (Å²) in [5.74, 6) is -2.85. The first kappa shape index (κ1) is 23.2. The van der Waals surface area contributed by atoms with Crippen LogP contribution in [0.2, 0.25) is 0 Å². The second-order valence-electron chi connectivity index (χ2n) is 7.59. The predicted molar refractivity (Wildman–Crippen MR) is 107 cm³/mol. The topological polar surface area (TPSA) is 86.8 Å². The number of halogens is 4. The molecule has 0 unspecified atom stereocenters. The molecule has 1 N–H and O–H groups in total. The molecule has 0 bridgehead atoms. The van der Waals surface area contributed by atoms with Gasteiger partial charge in [-0.2, -0.15) is 13.2 Å². The fraction of sp³-hybridized carbons (Fsp3) is 0.500. The van der Waals surface area contributed by atoms with Crippen LogP contribution in [0, 0.1) is 5.92 Å². The zero-order chi connectivity index (χ0) is 22.8. The molecule has 1 saturated heterocycles. The van der Waals surface area contributed by atoms with Gasteiger partial charge in [0, 0.05) is 37.1 Å². The largest absolute Gasteiger partial charge is 0.471 e. The van der Waals surface area contributed by atoms with Crippen molar-refractivity contribution in [3.05, 3.63) is 33.8 Å². The number of piperidine rings is 1. The molecule has 3 rings (SSSR count). The van der Waals surface area contributed by atoms with Crippen LogP contribution in [0.15, 0.2) is 22.7 Å². The molecular weight excluding hydrogens is 483 g/mol. The summed E-state index contributed by atoms with van der Waals surface area (Å²) >= 11 is 3.27. The Hall–Kier alpha value is -2.43. The Morgan fingerprint density at radius 3 is 2.39 bits per heavy atom. The summed E-state index contributed by atoms with van der Waals surface area (Å²) in [6.45, 7) is 0.451. The van der Waals surface area contributed by atoms with Crippen molar-refractivity contribution < 1.29 is 32.3 Å². The SMILES string of the molecule is O=C(CCCN1C(=O)c2ccc(Br)cc2C1=O)NCC1CCN(C(=O)C(F)(F)F)CC1. The first-order valence-corrected chi connectivity index (χ1v) is 10.7. The van der Waals surface area contributed by atoms with Crippen LogP contribution >= 0.6 is 15.9 Å². The number of rotatable bonds is 6. The molecular formula is C20H21BrF3N3O4. The van der Waals surface area contributed by atoms with Gasteiger partial charge in [-0.05, 0) is 43.4 Å². The van der Waals surface area contributed by atoms with Crippen LogP contribution in [0.1, 0.15) is 46.4 Å². The van der Waals surface area contributed by atoms with Crippen molar-refractivity contribution >= 4 is 39.6 Å². The number of amides is 4. The molecule has 11 heteroatoms. The quantitative estimate of drug-likeness (QED) is 0.604. The third-order valence-corrected chi connectivity index (χ3v) is 5.94. The summed E-state index contributed by atoms with van der Waals surface area (Å²) in [5.41, 5.74) is 0.673. The minimum absolute atomic E-state index is 0.00378. The van der Waals surface area contributed by atoms with E-state index in [-0.39, 0.29) is 49.7 Å². The zero-order valence-corrected chi connectivity index (χ0v) is 18.1. The van der Waals surface area contributed by atoms with Crippen molar-refractivity contribution in [1.29, 1.82) is 0 Å². The van der Waals surface area contributed by atoms with E-state index in [1.165, 1.54) is 0 Å². The van der Waals surface area contributed by atoms with Gasteiger partial charge in [-0.25, -0.2) is 0 Å². The molecule has 2 heterocycles. The molecule has 2 aliphatic heterocycles. The fourth-order valence-electron chi connectivity index (χ4n) is 3.73. The van der Waals surface area contributed by atoms with Crippen LogP contribution in [0.25, 0.3) is 0 Å². The Balaban J connectivity index is 1.37. The van der Waals surface area contributed by atoms with E-state index < -0.39 is 12.1 Å². The van der Waals surface area contributed by atoms with Gasteiger partial charge in [-0.3, -0.25) is 24.1 Å². The highest BCUT2D eigenvalue weighted by atomic mass is 79.9. The van der Waals surface area contributed by atoms with Gasteiger partial charge in [0.15, 0.2) is 0 Å². The monoisotopic (exact) mass is 503 g/mol. The van der Waals surface area contributed by atoms with E-state index in [4.69, 9.17) is 0 Å². The summed E-state index contributed by atoms with van der Waals surface area (Å²) in [6, 6.07) is 4.86. The van der Waals surface area contributed by atoms with Gasteiger partial charge in [-0.15, -0.1) is 0 Å². The molecule has 0 radical (unpaired) electrons. The molecule has 31 heavy (non-hydrogen) atoms. The van der Waals surface area contributed by atoms with Gasteiger partial charge < -0.3 is 10.2 Å². The van der Waals surface area contributed by atoms with E-state index in [0.717, 1.165) is 9.80 Å². The molecule has 0 saturated carbocycles. The molecule has 0 aliphatic carbocycles. The molecule has 2 aliphatic rings. The van der Waals surface area contributed by atoms with Crippen LogP contribution in [-0.4, -0.2) is 65.8 Å². The average molecular weight is 504 g/mol. The lowest BCUT2D eigenvalue weighted by atomic mass is 9.96. The molecule has 4 amide bonds. The van der Waals surface area contributed by atoms with Crippen LogP contribution < -0.4 is 5.32 Å². The lowest BCUT2D eigenvalue weighted by molar-refractivity contribution is -0.186. The molecule has 7 nitrogen and oxygen atoms in total. The number of likely N-dealkylation sites (tertiary alicyclic amines) is 1. The number of imide groups is 1. The van der Waals surface area contributed by atoms with Crippen molar-refractivity contribution in [3.8, 4) is 0 Å². The van der Waals surface area contributed by atoms with Crippen LogP contribution in [-0.2, 0) is 9.59 Å². The Kier molecular flexibility index (Phi) is 7.03. The first-order chi connectivity index (χ1) is 14.6. The number of nitrogens with zero attached hydrogens (tertiary/aromatic N) is 2. The van der Waals surface area contributed by atoms with Crippen molar-refractivity contribution in [3.63, 3.8) is 0 Å². The van der Waals surface area contributed by atoms with Gasteiger partial charge >= 0.3 is 12.1 Å². The van der Waals surface area contributed by atoms with E-state index in [9.17, 15) is 32.3 Å². The number of alkyl halides is 3. The summed E-state index contributed by atoms with van der Waals surface area (Å²) in [4.78, 5) is 50.0. The molecule has 0 atom stereocenters. The number of nitrogens with one attached hydrogen (secondary N) is 1. The van der Waals surface area contributed by atoms with Crippen LogP contribution in [0.3, 0.4) is 0 Å². The van der Waals surface area contributed by atoms with Crippen LogP contribution in [0.5, 0.6) is 0 Å². The van der Waals surface area contributed by atoms with Gasteiger partial charge in [0.1, 0.15) is 0 Å². The summed E-state index contributed by atoms with van der Waals surface area (Å²) in [5, 5.41) is 2.74. The predicted octanol–water partition coefficient (Wildman–Crippen LogP) is 2.74. The number of fused-ring (bicyclic) bond motifs is 1. The van der Waals surface area contributed by atoms with Crippen molar-refractivity contribution in [1.82, 2.24) is 15.1 Å². The van der Waals surface area contributed by atoms with E-state index in [0.29, 0.717) is 41.4 Å². The van der Waals surface area contributed by atoms with Gasteiger partial charge in [0.2, 0.25) is 5.91 Å². The number of benzene rings is 1. The normalized spacial score (nSPS) is 17.2. The van der Waals surface area contributed by atoms with E-state index in [2.05, 4.69) is 21.2 Å². The lowest BCUT2D eigenvalue weighted by Crippen LogP contribution is -2.46. The maximum absolute atomic E-state index is 12.5. The van der Waals surface area contributed by atoms with E-state index in [1.807, 2.05) is 0 Å². The minimum atomic E-state index is -4.86. The van der Waals surface area contributed by atoms with Gasteiger partial charge in [0.25, 0.3) is 11.8 Å². The van der Waals surface area contributed by atoms with Gasteiger partial charge in [-0.1, -0.05) is 15.9 Å². The maximum Gasteiger partial charge on any atom is 0.471 e. The molecule has 1 aromatic carbocycles. The van der Waals surface area contributed by atoms with Crippen LogP contribution in [0.4, 0.5) is 13.2 Å². The third kappa shape index (κ3) is 5.44.